The lowest BCUT2D eigenvalue weighted by atomic mass is 9.85. The van der Waals surface area contributed by atoms with Gasteiger partial charge in [0.2, 0.25) is 5.91 Å². The molecule has 0 saturated heterocycles. The van der Waals surface area contributed by atoms with Crippen LogP contribution in [0.4, 0.5) is 13.2 Å². The Balaban J connectivity index is 1.48. The van der Waals surface area contributed by atoms with Gasteiger partial charge in [-0.2, -0.15) is 23.5 Å². The average Bonchev–Trinajstić information content (AvgIpc) is 3.62. The molecule has 252 valence electrons. The van der Waals surface area contributed by atoms with Crippen LogP contribution in [0.1, 0.15) is 47.2 Å². The van der Waals surface area contributed by atoms with Gasteiger partial charge in [0, 0.05) is 19.0 Å². The number of hydrogen-bond donors (Lipinski definition) is 2. The summed E-state index contributed by atoms with van der Waals surface area (Å²) in [4.78, 5) is 40.8. The van der Waals surface area contributed by atoms with Gasteiger partial charge < -0.3 is 15.1 Å². The number of nitrogens with zero attached hydrogens (tertiary/aromatic N) is 6. The average molecular weight is 664 g/mol. The topological polar surface area (TPSA) is 127 Å². The lowest BCUT2D eigenvalue weighted by molar-refractivity contribution is -0.869. The predicted molar refractivity (Wildman–Crippen MR) is 172 cm³/mol. The lowest BCUT2D eigenvalue weighted by Crippen LogP contribution is -2.45. The van der Waals surface area contributed by atoms with Crippen LogP contribution in [0.15, 0.2) is 65.6 Å². The second kappa shape index (κ2) is 13.5. The molecule has 0 bridgehead atoms. The summed E-state index contributed by atoms with van der Waals surface area (Å²) in [5.41, 5.74) is -0.635. The van der Waals surface area contributed by atoms with Crippen LogP contribution in [-0.2, 0) is 18.0 Å². The van der Waals surface area contributed by atoms with E-state index < -0.39 is 23.2 Å². The van der Waals surface area contributed by atoms with Gasteiger partial charge in [-0.25, -0.2) is 9.36 Å². The number of benzene rings is 2. The Hall–Kier alpha value is -5.16. The van der Waals surface area contributed by atoms with Crippen LogP contribution in [0.3, 0.4) is 0 Å². The number of quaternary nitrogens is 1. The first-order valence-electron chi connectivity index (χ1n) is 15.6. The van der Waals surface area contributed by atoms with Crippen molar-refractivity contribution in [3.8, 4) is 28.8 Å². The summed E-state index contributed by atoms with van der Waals surface area (Å²) in [6, 6.07) is 14.2. The number of carbonyl (C=O) groups is 2. The largest absolute Gasteiger partial charge is 0.416 e. The minimum absolute atomic E-state index is 0.0152. The van der Waals surface area contributed by atoms with Crippen LogP contribution in [-0.4, -0.2) is 75.7 Å². The zero-order chi connectivity index (χ0) is 34.8. The van der Waals surface area contributed by atoms with Crippen molar-refractivity contribution < 1.29 is 27.2 Å². The van der Waals surface area contributed by atoms with Gasteiger partial charge in [-0.3, -0.25) is 19.1 Å². The third kappa shape index (κ3) is 7.36. The van der Waals surface area contributed by atoms with E-state index >= 15 is 0 Å². The quantitative estimate of drug-likeness (QED) is 0.262. The molecule has 0 atom stereocenters. The first kappa shape index (κ1) is 34.2. The van der Waals surface area contributed by atoms with E-state index in [1.807, 2.05) is 21.1 Å². The van der Waals surface area contributed by atoms with Crippen molar-refractivity contribution in [2.24, 2.45) is 13.0 Å². The van der Waals surface area contributed by atoms with E-state index in [9.17, 15) is 32.8 Å². The van der Waals surface area contributed by atoms with Gasteiger partial charge in [0.25, 0.3) is 11.5 Å². The summed E-state index contributed by atoms with van der Waals surface area (Å²) >= 11 is 0. The third-order valence-electron chi connectivity index (χ3n) is 8.55. The van der Waals surface area contributed by atoms with E-state index in [0.29, 0.717) is 49.2 Å². The minimum Gasteiger partial charge on any atom is -0.350 e. The number of halogens is 3. The molecule has 1 aliphatic carbocycles. The first-order chi connectivity index (χ1) is 22.7. The van der Waals surface area contributed by atoms with E-state index in [0.717, 1.165) is 27.8 Å². The van der Waals surface area contributed by atoms with E-state index in [1.54, 1.807) is 30.3 Å². The first-order valence-corrected chi connectivity index (χ1v) is 15.6. The number of nitrogens with one attached hydrogen (secondary N) is 2. The van der Waals surface area contributed by atoms with Gasteiger partial charge in [-0.1, -0.05) is 6.07 Å². The maximum absolute atomic E-state index is 14.1. The second-order valence-electron chi connectivity index (χ2n) is 13.0. The number of nitriles is 1. The number of rotatable bonds is 9. The molecule has 0 radical (unpaired) electrons. The van der Waals surface area contributed by atoms with E-state index in [1.165, 1.54) is 34.7 Å². The fourth-order valence-corrected chi connectivity index (χ4v) is 5.99. The SMILES string of the molecule is Cn1c(-c2ccnn2-c2ccc(C#N)cc2)c(C(=O)NC2CCC(C(=O)NCC[N+](C)(C)C)CC2)c(=O)n1-c1cccc(C(F)(F)F)c1. The van der Waals surface area contributed by atoms with Crippen molar-refractivity contribution in [1.82, 2.24) is 29.8 Å². The normalized spacial score (nSPS) is 16.7. The Morgan fingerprint density at radius 3 is 2.33 bits per heavy atom. The molecule has 5 rings (SSSR count). The third-order valence-corrected chi connectivity index (χ3v) is 8.55. The number of carbonyl (C=O) groups excluding carboxylic acids is 2. The van der Waals surface area contributed by atoms with Crippen molar-refractivity contribution in [3.05, 3.63) is 87.8 Å². The Kier molecular flexibility index (Phi) is 9.63. The van der Waals surface area contributed by atoms with Crippen molar-refractivity contribution in [1.29, 1.82) is 5.26 Å². The zero-order valence-corrected chi connectivity index (χ0v) is 27.2. The van der Waals surface area contributed by atoms with Crippen molar-refractivity contribution in [3.63, 3.8) is 0 Å². The van der Waals surface area contributed by atoms with Crippen LogP contribution in [0.5, 0.6) is 0 Å². The lowest BCUT2D eigenvalue weighted by Gasteiger charge is -2.29. The van der Waals surface area contributed by atoms with Gasteiger partial charge in [-0.15, -0.1) is 0 Å². The van der Waals surface area contributed by atoms with Gasteiger partial charge in [0.15, 0.2) is 0 Å². The van der Waals surface area contributed by atoms with Gasteiger partial charge in [0.1, 0.15) is 11.3 Å². The Labute approximate surface area is 275 Å². The predicted octanol–water partition coefficient (Wildman–Crippen LogP) is 4.03. The van der Waals surface area contributed by atoms with Gasteiger partial charge in [0.05, 0.1) is 74.7 Å². The number of amides is 2. The van der Waals surface area contributed by atoms with Crippen LogP contribution >= 0.6 is 0 Å². The summed E-state index contributed by atoms with van der Waals surface area (Å²) in [6.07, 6.45) is -1.01. The molecule has 2 aromatic heterocycles. The van der Waals surface area contributed by atoms with Crippen molar-refractivity contribution >= 4 is 11.8 Å². The van der Waals surface area contributed by atoms with E-state index in [-0.39, 0.29) is 34.8 Å². The number of alkyl halides is 3. The van der Waals surface area contributed by atoms with Crippen molar-refractivity contribution in [2.45, 2.75) is 37.9 Å². The molecule has 1 fully saturated rings. The Bertz CT molecular complexity index is 1900. The molecular formula is C34H38F3N8O3+. The molecule has 0 spiro atoms. The molecule has 4 aromatic rings. The summed E-state index contributed by atoms with van der Waals surface area (Å²) in [7, 11) is 7.64. The monoisotopic (exact) mass is 663 g/mol. The molecule has 0 aliphatic heterocycles. The number of aromatic nitrogens is 4. The highest BCUT2D eigenvalue weighted by molar-refractivity contribution is 6.00. The van der Waals surface area contributed by atoms with Crippen LogP contribution in [0, 0.1) is 17.2 Å². The molecule has 2 heterocycles. The highest BCUT2D eigenvalue weighted by Crippen LogP contribution is 2.32. The molecule has 2 amide bonds. The summed E-state index contributed by atoms with van der Waals surface area (Å²) < 4.78 is 45.5. The number of likely N-dealkylation sites (N-methyl/N-ethyl adjacent to an activating group) is 1. The fraction of sp³-hybridized carbons (Fsp3) is 0.382. The van der Waals surface area contributed by atoms with E-state index in [2.05, 4.69) is 21.8 Å². The zero-order valence-electron chi connectivity index (χ0n) is 27.2. The number of hydrogen-bond acceptors (Lipinski definition) is 5. The van der Waals surface area contributed by atoms with E-state index in [4.69, 9.17) is 0 Å². The highest BCUT2D eigenvalue weighted by atomic mass is 19.4. The van der Waals surface area contributed by atoms with Crippen LogP contribution in [0.2, 0.25) is 0 Å². The maximum atomic E-state index is 14.1. The summed E-state index contributed by atoms with van der Waals surface area (Å²) in [6.45, 7) is 1.35. The molecule has 2 aromatic carbocycles. The smallest absolute Gasteiger partial charge is 0.350 e. The van der Waals surface area contributed by atoms with Gasteiger partial charge in [-0.05, 0) is 74.2 Å². The highest BCUT2D eigenvalue weighted by Gasteiger charge is 2.34. The standard InChI is InChI=1S/C34H37F3N8O3/c1-42-30(28-16-17-40-43(28)26-14-8-22(21-38)9-15-26)29(33(48)44(42)27-7-5-6-24(20-27)34(35,36)37)32(47)41-25-12-10-23(11-13-25)31(46)39-18-19-45(2,3)4/h5-9,14-17,20,23,25H,10-13,18-19H2,1-4H3,(H-,39,41,46,47)/p+1. The van der Waals surface area contributed by atoms with Gasteiger partial charge >= 0.3 is 6.18 Å². The second-order valence-corrected chi connectivity index (χ2v) is 13.0. The summed E-state index contributed by atoms with van der Waals surface area (Å²) in [5.74, 6) is -0.879. The molecular weight excluding hydrogens is 625 g/mol. The van der Waals surface area contributed by atoms with Crippen LogP contribution in [0.25, 0.3) is 22.8 Å². The Morgan fingerprint density at radius 1 is 1.02 bits per heavy atom. The molecule has 0 unspecified atom stereocenters. The molecule has 11 nitrogen and oxygen atoms in total. The molecule has 14 heteroatoms. The fourth-order valence-electron chi connectivity index (χ4n) is 5.99. The minimum atomic E-state index is -4.65. The summed E-state index contributed by atoms with van der Waals surface area (Å²) in [5, 5.41) is 19.6. The van der Waals surface area contributed by atoms with Crippen molar-refractivity contribution in [2.75, 3.05) is 34.2 Å². The molecule has 48 heavy (non-hydrogen) atoms. The molecule has 1 aliphatic rings. The van der Waals surface area contributed by atoms with Crippen LogP contribution < -0.4 is 16.2 Å². The Morgan fingerprint density at radius 2 is 1.71 bits per heavy atom. The maximum Gasteiger partial charge on any atom is 0.416 e. The molecule has 1 saturated carbocycles. The molecule has 2 N–H and O–H groups in total.